The molecule has 0 saturated heterocycles. The van der Waals surface area contributed by atoms with Crippen LogP contribution in [-0.4, -0.2) is 17.0 Å². The van der Waals surface area contributed by atoms with Gasteiger partial charge in [0.1, 0.15) is 0 Å². The van der Waals surface area contributed by atoms with E-state index in [9.17, 15) is 14.4 Å². The second-order valence-electron chi connectivity index (χ2n) is 5.50. The molecule has 3 aromatic rings. The molecule has 0 bridgehead atoms. The first-order valence-corrected chi connectivity index (χ1v) is 7.83. The molecule has 0 radical (unpaired) electrons. The van der Waals surface area contributed by atoms with Crippen LogP contribution in [0.1, 0.15) is 23.0 Å². The molecule has 0 aliphatic rings. The highest BCUT2D eigenvalue weighted by Gasteiger charge is 2.28. The van der Waals surface area contributed by atoms with E-state index in [0.29, 0.717) is 11.4 Å². The largest absolute Gasteiger partial charge is 0.439 e. The molecule has 0 aliphatic heterocycles. The highest BCUT2D eigenvalue weighted by atomic mass is 16.5. The Balaban J connectivity index is 1.83. The van der Waals surface area contributed by atoms with Crippen molar-refractivity contribution < 1.29 is 18.8 Å². The summed E-state index contributed by atoms with van der Waals surface area (Å²) in [6, 6.07) is 15.8. The Morgan fingerprint density at radius 3 is 2.42 bits per heavy atom. The van der Waals surface area contributed by atoms with Crippen LogP contribution in [0.3, 0.4) is 0 Å². The zero-order valence-corrected chi connectivity index (χ0v) is 13.9. The minimum absolute atomic E-state index is 0.123. The maximum Gasteiger partial charge on any atom is 0.439 e. The van der Waals surface area contributed by atoms with Crippen LogP contribution >= 0.6 is 0 Å². The smallest absolute Gasteiger partial charge is 0.326 e. The van der Waals surface area contributed by atoms with Crippen molar-refractivity contribution in [1.82, 2.24) is 5.27 Å². The van der Waals surface area contributed by atoms with Gasteiger partial charge in [0.05, 0.1) is 0 Å². The van der Waals surface area contributed by atoms with Gasteiger partial charge in [0.25, 0.3) is 5.78 Å². The SMILES string of the molecule is CC(=O)Nc1ccc(/C=C/C(=O)c2c(=O)o[nH][n+]2-c2ccccc2)cc1. The number of aromatic amines is 1. The number of carbonyl (C=O) groups excluding carboxylic acids is 2. The standard InChI is InChI=1S/C19H15N3O4/c1-13(23)20-15-10-7-14(8-11-15)9-12-17(24)18-19(25)26-21-22(18)16-5-3-2-4-6-16/h2-12H,1H3,(H-,20,21,23,24,25)/p+1. The molecular weight excluding hydrogens is 334 g/mol. The van der Waals surface area contributed by atoms with Crippen LogP contribution in [-0.2, 0) is 4.79 Å². The van der Waals surface area contributed by atoms with Gasteiger partial charge in [0.2, 0.25) is 11.6 Å². The van der Waals surface area contributed by atoms with Gasteiger partial charge in [-0.15, -0.1) is 0 Å². The van der Waals surface area contributed by atoms with Gasteiger partial charge in [-0.1, -0.05) is 36.4 Å². The first-order chi connectivity index (χ1) is 12.5. The molecule has 0 saturated carbocycles. The van der Waals surface area contributed by atoms with E-state index >= 15 is 0 Å². The zero-order chi connectivity index (χ0) is 18.5. The van der Waals surface area contributed by atoms with Gasteiger partial charge in [0.15, 0.2) is 0 Å². The third kappa shape index (κ3) is 3.84. The lowest BCUT2D eigenvalue weighted by molar-refractivity contribution is -0.672. The van der Waals surface area contributed by atoms with Crippen LogP contribution in [0.4, 0.5) is 5.69 Å². The van der Waals surface area contributed by atoms with E-state index in [2.05, 4.69) is 10.6 Å². The zero-order valence-electron chi connectivity index (χ0n) is 13.9. The summed E-state index contributed by atoms with van der Waals surface area (Å²) in [5.74, 6) is -0.650. The van der Waals surface area contributed by atoms with E-state index in [1.165, 1.54) is 17.7 Å². The summed E-state index contributed by atoms with van der Waals surface area (Å²) in [6.45, 7) is 1.43. The molecule has 1 aromatic heterocycles. The normalized spacial score (nSPS) is 10.8. The van der Waals surface area contributed by atoms with Gasteiger partial charge < -0.3 is 5.32 Å². The topological polar surface area (TPSA) is 96.0 Å². The van der Waals surface area contributed by atoms with E-state index in [1.54, 1.807) is 54.6 Å². The van der Waals surface area contributed by atoms with Gasteiger partial charge >= 0.3 is 11.3 Å². The number of allylic oxidation sites excluding steroid dienone is 1. The molecule has 2 N–H and O–H groups in total. The van der Waals surface area contributed by atoms with Gasteiger partial charge in [-0.05, 0) is 33.7 Å². The lowest BCUT2D eigenvalue weighted by atomic mass is 10.1. The molecule has 130 valence electrons. The summed E-state index contributed by atoms with van der Waals surface area (Å²) in [6.07, 6.45) is 2.88. The van der Waals surface area contributed by atoms with E-state index in [-0.39, 0.29) is 11.6 Å². The van der Waals surface area contributed by atoms with Crippen molar-refractivity contribution in [2.75, 3.05) is 5.32 Å². The number of nitrogens with zero attached hydrogens (tertiary/aromatic N) is 1. The molecule has 0 aliphatic carbocycles. The van der Waals surface area contributed by atoms with E-state index in [1.807, 2.05) is 6.07 Å². The number of rotatable bonds is 5. The van der Waals surface area contributed by atoms with Crippen LogP contribution in [0.25, 0.3) is 11.8 Å². The average Bonchev–Trinajstić information content (AvgIpc) is 3.03. The molecule has 1 amide bonds. The molecule has 0 unspecified atom stereocenters. The molecule has 26 heavy (non-hydrogen) atoms. The number of ketones is 1. The van der Waals surface area contributed by atoms with Crippen molar-refractivity contribution in [3.8, 4) is 5.69 Å². The predicted molar refractivity (Wildman–Crippen MR) is 95.0 cm³/mol. The van der Waals surface area contributed by atoms with E-state index in [0.717, 1.165) is 5.56 Å². The Kier molecular flexibility index (Phi) is 4.89. The summed E-state index contributed by atoms with van der Waals surface area (Å²) in [4.78, 5) is 35.4. The predicted octanol–water partition coefficient (Wildman–Crippen LogP) is 2.10. The van der Waals surface area contributed by atoms with Crippen LogP contribution < -0.4 is 15.6 Å². The maximum absolute atomic E-state index is 12.5. The number of H-pyrrole nitrogens is 1. The number of aromatic nitrogens is 2. The van der Waals surface area contributed by atoms with Crippen LogP contribution in [0.2, 0.25) is 0 Å². The lowest BCUT2D eigenvalue weighted by Crippen LogP contribution is -2.40. The average molecular weight is 350 g/mol. The second kappa shape index (κ2) is 7.43. The van der Waals surface area contributed by atoms with Gasteiger partial charge in [-0.25, -0.2) is 4.79 Å². The number of amides is 1. The molecule has 2 aromatic carbocycles. The molecule has 3 rings (SSSR count). The number of carbonyl (C=O) groups is 2. The molecule has 1 heterocycles. The molecule has 7 nitrogen and oxygen atoms in total. The maximum atomic E-state index is 12.5. The Morgan fingerprint density at radius 1 is 1.08 bits per heavy atom. The Hall–Kier alpha value is -3.74. The fourth-order valence-corrected chi connectivity index (χ4v) is 2.37. The van der Waals surface area contributed by atoms with Gasteiger partial charge in [-0.2, -0.15) is 0 Å². The first-order valence-electron chi connectivity index (χ1n) is 7.83. The molecular formula is C19H16N3O4+. The minimum atomic E-state index is -0.746. The fourth-order valence-electron chi connectivity index (χ4n) is 2.37. The number of benzene rings is 2. The number of nitrogens with one attached hydrogen (secondary N) is 2. The summed E-state index contributed by atoms with van der Waals surface area (Å²) in [5.41, 5.74) is 1.15. The highest BCUT2D eigenvalue weighted by molar-refractivity contribution is 6.04. The fraction of sp³-hybridized carbons (Fsp3) is 0.0526. The molecule has 0 atom stereocenters. The van der Waals surface area contributed by atoms with Crippen molar-refractivity contribution >= 4 is 23.5 Å². The van der Waals surface area contributed by atoms with Crippen LogP contribution in [0, 0.1) is 0 Å². The quantitative estimate of drug-likeness (QED) is 0.418. The number of para-hydroxylation sites is 1. The van der Waals surface area contributed by atoms with E-state index < -0.39 is 11.4 Å². The van der Waals surface area contributed by atoms with Crippen molar-refractivity contribution in [2.24, 2.45) is 0 Å². The van der Waals surface area contributed by atoms with Crippen molar-refractivity contribution in [3.05, 3.63) is 82.4 Å². The minimum Gasteiger partial charge on any atom is -0.326 e. The Labute approximate surface area is 148 Å². The van der Waals surface area contributed by atoms with Gasteiger partial charge in [-0.3, -0.25) is 14.1 Å². The summed E-state index contributed by atoms with van der Waals surface area (Å²) < 4.78 is 6.06. The Morgan fingerprint density at radius 2 is 1.77 bits per heavy atom. The summed E-state index contributed by atoms with van der Waals surface area (Å²) in [5, 5.41) is 5.09. The lowest BCUT2D eigenvalue weighted by Gasteiger charge is -2.01. The van der Waals surface area contributed by atoms with Crippen molar-refractivity contribution in [1.29, 1.82) is 0 Å². The second-order valence-corrected chi connectivity index (χ2v) is 5.50. The third-order valence-corrected chi connectivity index (χ3v) is 3.55. The monoisotopic (exact) mass is 350 g/mol. The van der Waals surface area contributed by atoms with Gasteiger partial charge in [0, 0.05) is 24.7 Å². The number of anilines is 1. The Bertz CT molecular complexity index is 1010. The summed E-state index contributed by atoms with van der Waals surface area (Å²) >= 11 is 0. The molecule has 7 heteroatoms. The highest BCUT2D eigenvalue weighted by Crippen LogP contribution is 2.11. The van der Waals surface area contributed by atoms with Crippen LogP contribution in [0.15, 0.2) is 70.0 Å². The number of hydrogen-bond donors (Lipinski definition) is 2. The van der Waals surface area contributed by atoms with Crippen molar-refractivity contribution in [3.63, 3.8) is 0 Å². The third-order valence-electron chi connectivity index (χ3n) is 3.55. The van der Waals surface area contributed by atoms with Crippen molar-refractivity contribution in [2.45, 2.75) is 6.92 Å². The molecule has 0 fully saturated rings. The first kappa shape index (κ1) is 17.1. The summed E-state index contributed by atoms with van der Waals surface area (Å²) in [7, 11) is 0. The van der Waals surface area contributed by atoms with E-state index in [4.69, 9.17) is 4.52 Å². The number of hydrogen-bond acceptors (Lipinski definition) is 4. The van der Waals surface area contributed by atoms with Crippen LogP contribution in [0.5, 0.6) is 0 Å². The molecule has 0 spiro atoms.